The molecule has 1 atom stereocenters. The van der Waals surface area contributed by atoms with Crippen LogP contribution in [0.1, 0.15) is 12.6 Å². The summed E-state index contributed by atoms with van der Waals surface area (Å²) in [5.74, 6) is 0.847. The van der Waals surface area contributed by atoms with Crippen molar-refractivity contribution in [1.82, 2.24) is 10.2 Å². The maximum absolute atomic E-state index is 5.82. The third-order valence-corrected chi connectivity index (χ3v) is 2.64. The minimum Gasteiger partial charge on any atom is -0.496 e. The molecule has 1 heterocycles. The number of nitrogens with two attached hydrogens (primary N) is 1. The van der Waals surface area contributed by atoms with Gasteiger partial charge in [0.05, 0.1) is 13.3 Å². The molecule has 2 rings (SSSR count). The Kier molecular flexibility index (Phi) is 3.44. The van der Waals surface area contributed by atoms with Crippen LogP contribution in [0.15, 0.2) is 30.5 Å². The third kappa shape index (κ3) is 2.47. The first-order chi connectivity index (χ1) is 8.22. The molecule has 0 aliphatic carbocycles. The number of hydrogen-bond donors (Lipinski definition) is 2. The molecule has 1 aromatic carbocycles. The number of nitrogens with zero attached hydrogens (tertiary/aromatic N) is 1. The van der Waals surface area contributed by atoms with Crippen LogP contribution in [0.25, 0.3) is 11.1 Å². The maximum Gasteiger partial charge on any atom is 0.126 e. The number of nitrogens with one attached hydrogen (secondary N) is 1. The van der Waals surface area contributed by atoms with Crippen molar-refractivity contribution in [2.45, 2.75) is 19.4 Å². The molecule has 0 amide bonds. The number of benzene rings is 1. The van der Waals surface area contributed by atoms with E-state index in [9.17, 15) is 0 Å². The van der Waals surface area contributed by atoms with E-state index in [2.05, 4.69) is 10.2 Å². The average molecular weight is 231 g/mol. The molecule has 4 heteroatoms. The molecule has 17 heavy (non-hydrogen) atoms. The van der Waals surface area contributed by atoms with Gasteiger partial charge in [0, 0.05) is 29.3 Å². The molecule has 4 nitrogen and oxygen atoms in total. The van der Waals surface area contributed by atoms with Gasteiger partial charge < -0.3 is 10.5 Å². The third-order valence-electron chi connectivity index (χ3n) is 2.64. The molecule has 90 valence electrons. The van der Waals surface area contributed by atoms with Crippen LogP contribution in [-0.4, -0.2) is 23.3 Å². The molecule has 0 aliphatic heterocycles. The van der Waals surface area contributed by atoms with E-state index >= 15 is 0 Å². The fraction of sp³-hybridized carbons (Fsp3) is 0.308. The highest BCUT2D eigenvalue weighted by Crippen LogP contribution is 2.31. The molecule has 0 fully saturated rings. The van der Waals surface area contributed by atoms with Gasteiger partial charge in [0.15, 0.2) is 0 Å². The Morgan fingerprint density at radius 2 is 2.12 bits per heavy atom. The Labute approximate surface area is 101 Å². The van der Waals surface area contributed by atoms with Gasteiger partial charge in [-0.15, -0.1) is 0 Å². The number of rotatable bonds is 4. The van der Waals surface area contributed by atoms with Gasteiger partial charge in [0.2, 0.25) is 0 Å². The highest BCUT2D eigenvalue weighted by molar-refractivity contribution is 5.71. The lowest BCUT2D eigenvalue weighted by Crippen LogP contribution is -2.18. The van der Waals surface area contributed by atoms with E-state index < -0.39 is 0 Å². The number of methoxy groups -OCH3 is 1. The summed E-state index contributed by atoms with van der Waals surface area (Å²) >= 11 is 0. The van der Waals surface area contributed by atoms with Crippen LogP contribution in [0.4, 0.5) is 0 Å². The molecule has 1 aromatic heterocycles. The summed E-state index contributed by atoms with van der Waals surface area (Å²) in [5, 5.41) is 7.09. The van der Waals surface area contributed by atoms with Crippen LogP contribution in [0.5, 0.6) is 5.75 Å². The fourth-order valence-corrected chi connectivity index (χ4v) is 1.89. The van der Waals surface area contributed by atoms with Gasteiger partial charge in [0.25, 0.3) is 0 Å². The smallest absolute Gasteiger partial charge is 0.126 e. The normalized spacial score (nSPS) is 12.4. The van der Waals surface area contributed by atoms with Crippen LogP contribution in [0, 0.1) is 0 Å². The first kappa shape index (κ1) is 11.7. The number of H-pyrrole nitrogens is 1. The zero-order valence-corrected chi connectivity index (χ0v) is 10.1. The SMILES string of the molecule is COc1ccccc1-c1cn[nH]c1CC(C)N. The van der Waals surface area contributed by atoms with E-state index in [1.54, 1.807) is 7.11 Å². The van der Waals surface area contributed by atoms with Crippen molar-refractivity contribution in [1.29, 1.82) is 0 Å². The average Bonchev–Trinajstić information content (AvgIpc) is 2.76. The minimum atomic E-state index is 0.101. The lowest BCUT2D eigenvalue weighted by molar-refractivity contribution is 0.416. The highest BCUT2D eigenvalue weighted by Gasteiger charge is 2.12. The largest absolute Gasteiger partial charge is 0.496 e. The highest BCUT2D eigenvalue weighted by atomic mass is 16.5. The molecule has 0 aliphatic rings. The van der Waals surface area contributed by atoms with Gasteiger partial charge >= 0.3 is 0 Å². The van der Waals surface area contributed by atoms with E-state index in [0.717, 1.165) is 29.0 Å². The van der Waals surface area contributed by atoms with Crippen molar-refractivity contribution >= 4 is 0 Å². The van der Waals surface area contributed by atoms with Crippen molar-refractivity contribution < 1.29 is 4.74 Å². The van der Waals surface area contributed by atoms with Crippen LogP contribution in [-0.2, 0) is 6.42 Å². The fourth-order valence-electron chi connectivity index (χ4n) is 1.89. The predicted molar refractivity (Wildman–Crippen MR) is 67.9 cm³/mol. The van der Waals surface area contributed by atoms with E-state index in [0.29, 0.717) is 0 Å². The molecule has 2 aromatic rings. The minimum absolute atomic E-state index is 0.101. The number of aromatic nitrogens is 2. The second-order valence-corrected chi connectivity index (χ2v) is 4.14. The maximum atomic E-state index is 5.82. The topological polar surface area (TPSA) is 63.9 Å². The second-order valence-electron chi connectivity index (χ2n) is 4.14. The van der Waals surface area contributed by atoms with Gasteiger partial charge in [-0.2, -0.15) is 5.10 Å². The van der Waals surface area contributed by atoms with Crippen LogP contribution in [0.2, 0.25) is 0 Å². The van der Waals surface area contributed by atoms with Crippen molar-refractivity contribution in [2.24, 2.45) is 5.73 Å². The summed E-state index contributed by atoms with van der Waals surface area (Å²) < 4.78 is 5.36. The number of aromatic amines is 1. The van der Waals surface area contributed by atoms with Gasteiger partial charge in [0.1, 0.15) is 5.75 Å². The molecule has 0 bridgehead atoms. The van der Waals surface area contributed by atoms with Crippen LogP contribution >= 0.6 is 0 Å². The Morgan fingerprint density at radius 3 is 2.82 bits per heavy atom. The number of hydrogen-bond acceptors (Lipinski definition) is 3. The van der Waals surface area contributed by atoms with Crippen molar-refractivity contribution in [3.63, 3.8) is 0 Å². The Hall–Kier alpha value is -1.81. The van der Waals surface area contributed by atoms with Crippen molar-refractivity contribution in [3.8, 4) is 16.9 Å². The molecular weight excluding hydrogens is 214 g/mol. The summed E-state index contributed by atoms with van der Waals surface area (Å²) in [6.45, 7) is 1.98. The summed E-state index contributed by atoms with van der Waals surface area (Å²) in [6, 6.07) is 8.00. The molecule has 0 radical (unpaired) electrons. The van der Waals surface area contributed by atoms with E-state index in [1.807, 2.05) is 37.4 Å². The summed E-state index contributed by atoms with van der Waals surface area (Å²) in [7, 11) is 1.67. The number of ether oxygens (including phenoxy) is 1. The quantitative estimate of drug-likeness (QED) is 0.845. The summed E-state index contributed by atoms with van der Waals surface area (Å²) in [5.41, 5.74) is 8.96. The van der Waals surface area contributed by atoms with Gasteiger partial charge in [-0.05, 0) is 13.0 Å². The van der Waals surface area contributed by atoms with Gasteiger partial charge in [-0.25, -0.2) is 0 Å². The summed E-state index contributed by atoms with van der Waals surface area (Å²) in [6.07, 6.45) is 2.59. The Morgan fingerprint density at radius 1 is 1.35 bits per heavy atom. The Bertz CT molecular complexity index is 491. The van der Waals surface area contributed by atoms with Crippen molar-refractivity contribution in [2.75, 3.05) is 7.11 Å². The van der Waals surface area contributed by atoms with E-state index in [4.69, 9.17) is 10.5 Å². The molecule has 1 unspecified atom stereocenters. The van der Waals surface area contributed by atoms with Gasteiger partial charge in [-0.3, -0.25) is 5.10 Å². The zero-order valence-electron chi connectivity index (χ0n) is 10.1. The lowest BCUT2D eigenvalue weighted by atomic mass is 10.0. The molecular formula is C13H17N3O. The van der Waals surface area contributed by atoms with E-state index in [-0.39, 0.29) is 6.04 Å². The van der Waals surface area contributed by atoms with Crippen molar-refractivity contribution in [3.05, 3.63) is 36.2 Å². The first-order valence-corrected chi connectivity index (χ1v) is 5.63. The van der Waals surface area contributed by atoms with Gasteiger partial charge in [-0.1, -0.05) is 18.2 Å². The van der Waals surface area contributed by atoms with Crippen LogP contribution in [0.3, 0.4) is 0 Å². The van der Waals surface area contributed by atoms with Crippen LogP contribution < -0.4 is 10.5 Å². The molecule has 0 spiro atoms. The molecule has 0 saturated heterocycles. The zero-order chi connectivity index (χ0) is 12.3. The molecule has 0 saturated carbocycles. The second kappa shape index (κ2) is 5.01. The monoisotopic (exact) mass is 231 g/mol. The molecule has 3 N–H and O–H groups in total. The first-order valence-electron chi connectivity index (χ1n) is 5.63. The standard InChI is InChI=1S/C13H17N3O/c1-9(14)7-12-11(8-15-16-12)10-5-3-4-6-13(10)17-2/h3-6,8-9H,7,14H2,1-2H3,(H,15,16). The predicted octanol–water partition coefficient (Wildman–Crippen LogP) is 1.97. The lowest BCUT2D eigenvalue weighted by Gasteiger charge is -2.09. The summed E-state index contributed by atoms with van der Waals surface area (Å²) in [4.78, 5) is 0. The number of para-hydroxylation sites is 1. The Balaban J connectivity index is 2.42. The van der Waals surface area contributed by atoms with E-state index in [1.165, 1.54) is 0 Å².